The Kier molecular flexibility index (Phi) is 8.88. The van der Waals surface area contributed by atoms with E-state index in [1.54, 1.807) is 0 Å². The van der Waals surface area contributed by atoms with Crippen LogP contribution in [0, 0.1) is 0 Å². The summed E-state index contributed by atoms with van der Waals surface area (Å²) < 4.78 is 316. The minimum absolute atomic E-state index is 0.0897. The third-order valence-electron chi connectivity index (χ3n) is 7.65. The lowest BCUT2D eigenvalue weighted by molar-refractivity contribution is -0.383. The molecule has 0 saturated carbocycles. The smallest absolute Gasteiger partial charge is 0.211 e. The average Bonchev–Trinajstić information content (AvgIpc) is 2.98. The number of hydrogen-bond acceptors (Lipinski definition) is 4. The summed E-state index contributed by atoms with van der Waals surface area (Å²) in [6.07, 6.45) is -13.9. The molecule has 4 aromatic carbocycles. The zero-order valence-corrected chi connectivity index (χ0v) is 25.1. The minimum atomic E-state index is -9.33. The summed E-state index contributed by atoms with van der Waals surface area (Å²) >= 11 is 0. The summed E-state index contributed by atoms with van der Waals surface area (Å²) in [6.45, 7) is 0. The van der Waals surface area contributed by atoms with Crippen molar-refractivity contribution in [3.63, 3.8) is 0 Å². The molecule has 0 aliphatic rings. The Morgan fingerprint density at radius 2 is 0.843 bits per heavy atom. The summed E-state index contributed by atoms with van der Waals surface area (Å²) in [4.78, 5) is 0. The number of benzene rings is 4. The van der Waals surface area contributed by atoms with Gasteiger partial charge in [-0.2, -0.15) is 74.6 Å². The third-order valence-corrected chi connectivity index (χ3v) is 13.3. The van der Waals surface area contributed by atoms with Crippen LogP contribution in [0.2, 0.25) is 0 Å². The highest BCUT2D eigenvalue weighted by atomic mass is 33.2. The van der Waals surface area contributed by atoms with Crippen molar-refractivity contribution in [3.8, 4) is 0 Å². The number of halogens is 19. The van der Waals surface area contributed by atoms with Crippen molar-refractivity contribution < 1.29 is 100 Å². The van der Waals surface area contributed by atoms with Gasteiger partial charge in [0.1, 0.15) is 0 Å². The van der Waals surface area contributed by atoms with Crippen LogP contribution in [0.1, 0.15) is 10.8 Å². The van der Waals surface area contributed by atoms with Crippen molar-refractivity contribution in [2.75, 3.05) is 0 Å². The first kappa shape index (κ1) is 40.3. The molecule has 0 aliphatic heterocycles. The van der Waals surface area contributed by atoms with Gasteiger partial charge in [0.05, 0.1) is 0 Å². The van der Waals surface area contributed by atoms with Crippen LogP contribution in [0.25, 0.3) is 32.3 Å². The molecule has 51 heavy (non-hydrogen) atoms. The van der Waals surface area contributed by atoms with Crippen LogP contribution in [-0.4, -0.2) is 70.2 Å². The van der Waals surface area contributed by atoms with Gasteiger partial charge >= 0.3 is 62.3 Å². The van der Waals surface area contributed by atoms with Crippen LogP contribution in [-0.2, 0) is 17.7 Å². The summed E-state index contributed by atoms with van der Waals surface area (Å²) in [5, 5.41) is -15.4. The van der Waals surface area contributed by atoms with E-state index in [0.717, 1.165) is 24.3 Å². The predicted octanol–water partition coefficient (Wildman–Crippen LogP) is 9.60. The van der Waals surface area contributed by atoms with E-state index < -0.39 is 92.7 Å². The van der Waals surface area contributed by atoms with Crippen molar-refractivity contribution in [3.05, 3.63) is 60.2 Å². The molecule has 1 atom stereocenters. The first-order chi connectivity index (χ1) is 22.6. The van der Waals surface area contributed by atoms with Crippen molar-refractivity contribution in [2.24, 2.45) is 0 Å². The Balaban J connectivity index is 2.15. The highest BCUT2D eigenvalue weighted by molar-refractivity contribution is 8.67. The quantitative estimate of drug-likeness (QED) is 0.0860. The topological polar surface area (TPSA) is 68.3 Å². The fourth-order valence-corrected chi connectivity index (χ4v) is 9.61. The maximum atomic E-state index is 15.6. The fourth-order valence-electron chi connectivity index (χ4n) is 5.00. The molecule has 0 N–H and O–H groups in total. The van der Waals surface area contributed by atoms with E-state index in [1.165, 1.54) is 18.2 Å². The van der Waals surface area contributed by atoms with E-state index in [4.69, 9.17) is 0 Å². The Hall–Kier alpha value is -3.51. The van der Waals surface area contributed by atoms with Crippen LogP contribution >= 0.6 is 0 Å². The zero-order valence-electron chi connectivity index (χ0n) is 23.5. The Morgan fingerprint density at radius 1 is 0.471 bits per heavy atom. The molecule has 0 spiro atoms. The summed E-state index contributed by atoms with van der Waals surface area (Å²) in [7, 11) is -18.2. The molecule has 4 aromatic rings. The molecule has 0 bridgehead atoms. The number of hydrogen-bond donors (Lipinski definition) is 0. The summed E-state index contributed by atoms with van der Waals surface area (Å²) in [5.74, 6) is -48.9. The second kappa shape index (κ2) is 11.2. The molecule has 4 rings (SSSR count). The third kappa shape index (κ3) is 5.09. The lowest BCUT2D eigenvalue weighted by Gasteiger charge is -2.40. The molecule has 0 saturated heterocycles. The molecule has 284 valence electrons. The van der Waals surface area contributed by atoms with E-state index in [9.17, 15) is 91.5 Å². The average molecular weight is 812 g/mol. The lowest BCUT2D eigenvalue weighted by Crippen LogP contribution is -2.67. The molecular weight excluding hydrogens is 801 g/mol. The standard InChI is InChI=1S/C26H11F19O4S2/c27-18(28)20(31,32)22(35,36)21(33,34)19(29,30)17(50(46,47)51(48,49)26(44,45)24(39,40)23(37,38)25(41,42)43)14-8-12-6-4-10-2-1-3-11-5-7-13(9-14)16(12)15(10)11/h1-9,17-18H. The maximum Gasteiger partial charge on any atom is 0.460 e. The van der Waals surface area contributed by atoms with Gasteiger partial charge in [-0.3, -0.25) is 0 Å². The van der Waals surface area contributed by atoms with Crippen LogP contribution in [0.4, 0.5) is 83.4 Å². The molecule has 0 amide bonds. The van der Waals surface area contributed by atoms with Crippen molar-refractivity contribution in [2.45, 2.75) is 58.6 Å². The Labute approximate surface area is 269 Å². The summed E-state index contributed by atoms with van der Waals surface area (Å²) in [5.41, 5.74) is -2.47. The fraction of sp³-hybridized carbons (Fsp3) is 0.385. The van der Waals surface area contributed by atoms with Crippen LogP contribution in [0.3, 0.4) is 0 Å². The molecule has 0 heterocycles. The van der Waals surface area contributed by atoms with Crippen LogP contribution in [0.5, 0.6) is 0 Å². The first-order valence-electron chi connectivity index (χ1n) is 12.8. The summed E-state index contributed by atoms with van der Waals surface area (Å²) in [6, 6.07) is 7.36. The monoisotopic (exact) mass is 812 g/mol. The number of alkyl halides is 19. The van der Waals surface area contributed by atoms with Crippen molar-refractivity contribution in [1.29, 1.82) is 0 Å². The van der Waals surface area contributed by atoms with Crippen molar-refractivity contribution >= 4 is 50.1 Å². The number of rotatable bonds is 11. The molecule has 0 radical (unpaired) electrons. The second-order valence-corrected chi connectivity index (χ2v) is 16.3. The van der Waals surface area contributed by atoms with Crippen LogP contribution in [0.15, 0.2) is 54.6 Å². The van der Waals surface area contributed by atoms with Gasteiger partial charge in [-0.05, 0) is 50.0 Å². The van der Waals surface area contributed by atoms with E-state index in [1.807, 2.05) is 0 Å². The SMILES string of the molecule is O=S(=O)(C(c1cc2ccc3cccc4ccc(c1)c2c34)C(F)(F)C(F)(F)C(F)(F)C(F)(F)C(F)F)S(=O)(=O)C(F)(F)C(F)(F)C(F)(F)C(F)(F)F. The highest BCUT2D eigenvalue weighted by Crippen LogP contribution is 2.62. The van der Waals surface area contributed by atoms with E-state index in [-0.39, 0.29) is 33.7 Å². The van der Waals surface area contributed by atoms with Crippen molar-refractivity contribution in [1.82, 2.24) is 0 Å². The van der Waals surface area contributed by atoms with E-state index in [2.05, 4.69) is 0 Å². The largest absolute Gasteiger partial charge is 0.460 e. The minimum Gasteiger partial charge on any atom is -0.211 e. The predicted molar refractivity (Wildman–Crippen MR) is 137 cm³/mol. The van der Waals surface area contributed by atoms with Gasteiger partial charge in [0.2, 0.25) is 0 Å². The van der Waals surface area contributed by atoms with Gasteiger partial charge in [-0.15, -0.1) is 0 Å². The second-order valence-electron chi connectivity index (χ2n) is 10.7. The van der Waals surface area contributed by atoms with Gasteiger partial charge in [-0.25, -0.2) is 25.6 Å². The normalized spacial score (nSPS) is 16.2. The van der Waals surface area contributed by atoms with Gasteiger partial charge in [0.15, 0.2) is 5.25 Å². The molecule has 25 heteroatoms. The molecule has 1 unspecified atom stereocenters. The van der Waals surface area contributed by atoms with Gasteiger partial charge in [0.25, 0.3) is 8.87 Å². The molecular formula is C26H11F19O4S2. The first-order valence-corrected chi connectivity index (χ1v) is 16.3. The van der Waals surface area contributed by atoms with E-state index >= 15 is 8.78 Å². The zero-order chi connectivity index (χ0) is 39.6. The molecule has 0 aromatic heterocycles. The van der Waals surface area contributed by atoms with Crippen LogP contribution < -0.4 is 0 Å². The molecule has 0 fully saturated rings. The maximum absolute atomic E-state index is 15.6. The van der Waals surface area contributed by atoms with Gasteiger partial charge in [-0.1, -0.05) is 42.5 Å². The van der Waals surface area contributed by atoms with Gasteiger partial charge < -0.3 is 0 Å². The molecule has 4 nitrogen and oxygen atoms in total. The lowest BCUT2D eigenvalue weighted by atomic mass is 9.89. The van der Waals surface area contributed by atoms with E-state index in [0.29, 0.717) is 0 Å². The Morgan fingerprint density at radius 3 is 1.24 bits per heavy atom. The van der Waals surface area contributed by atoms with Gasteiger partial charge in [0, 0.05) is 0 Å². The Bertz CT molecular complexity index is 2150. The highest BCUT2D eigenvalue weighted by Gasteiger charge is 2.89. The molecule has 0 aliphatic carbocycles.